The average Bonchev–Trinajstić information content (AvgIpc) is 2.61. The molecule has 122 valence electrons. The van der Waals surface area contributed by atoms with Gasteiger partial charge in [0.2, 0.25) is 0 Å². The Morgan fingerprint density at radius 3 is 2.46 bits per heavy atom. The van der Waals surface area contributed by atoms with E-state index in [2.05, 4.69) is 24.5 Å². The van der Waals surface area contributed by atoms with E-state index < -0.39 is 5.91 Å². The smallest absolute Gasteiger partial charge is 0.263 e. The van der Waals surface area contributed by atoms with E-state index in [1.807, 2.05) is 60.7 Å². The van der Waals surface area contributed by atoms with E-state index in [0.717, 1.165) is 16.8 Å². The lowest BCUT2D eigenvalue weighted by atomic mass is 10.0. The van der Waals surface area contributed by atoms with Gasteiger partial charge in [0.15, 0.2) is 0 Å². The van der Waals surface area contributed by atoms with Crippen LogP contribution in [0.5, 0.6) is 0 Å². The van der Waals surface area contributed by atoms with E-state index >= 15 is 0 Å². The fourth-order valence-corrected chi connectivity index (χ4v) is 2.30. The molecule has 2 N–H and O–H groups in total. The third-order valence-corrected chi connectivity index (χ3v) is 3.62. The van der Waals surface area contributed by atoms with Gasteiger partial charge in [-0.3, -0.25) is 4.79 Å². The van der Waals surface area contributed by atoms with Crippen molar-refractivity contribution in [2.75, 3.05) is 5.32 Å². The average molecular weight is 319 g/mol. The molecule has 0 fully saturated rings. The molecule has 0 saturated carbocycles. The number of para-hydroxylation sites is 1. The van der Waals surface area contributed by atoms with Gasteiger partial charge in [-0.25, -0.2) is 0 Å². The van der Waals surface area contributed by atoms with Crippen molar-refractivity contribution < 1.29 is 4.79 Å². The number of hydrogen-bond donors (Lipinski definition) is 2. The van der Waals surface area contributed by atoms with Gasteiger partial charge in [-0.1, -0.05) is 62.4 Å². The molecule has 0 spiro atoms. The van der Waals surface area contributed by atoms with Gasteiger partial charge < -0.3 is 10.6 Å². The number of carbonyl (C=O) groups is 1. The summed E-state index contributed by atoms with van der Waals surface area (Å²) in [6.45, 7) is 4.59. The number of nitrogens with one attached hydrogen (secondary N) is 2. The molecule has 4 heteroatoms. The van der Waals surface area contributed by atoms with E-state index in [1.54, 1.807) is 0 Å². The first-order valence-electron chi connectivity index (χ1n) is 7.89. The molecule has 2 aromatic carbocycles. The van der Waals surface area contributed by atoms with Crippen molar-refractivity contribution in [2.24, 2.45) is 0 Å². The molecule has 4 nitrogen and oxygen atoms in total. The van der Waals surface area contributed by atoms with Crippen LogP contribution in [0.25, 0.3) is 0 Å². The summed E-state index contributed by atoms with van der Waals surface area (Å²) >= 11 is 0. The molecule has 0 aliphatic carbocycles. The molecule has 0 aromatic heterocycles. The molecule has 0 heterocycles. The van der Waals surface area contributed by atoms with E-state index in [9.17, 15) is 10.1 Å². The third kappa shape index (κ3) is 4.72. The molecule has 0 unspecified atom stereocenters. The second kappa shape index (κ2) is 8.54. The fourth-order valence-electron chi connectivity index (χ4n) is 2.30. The summed E-state index contributed by atoms with van der Waals surface area (Å²) in [5.74, 6) is -0.0459. The lowest BCUT2D eigenvalue weighted by molar-refractivity contribution is -0.117. The minimum absolute atomic E-state index is 0.0458. The number of carbonyl (C=O) groups excluding carboxylic acids is 1. The monoisotopic (exact) mass is 319 g/mol. The molecule has 0 aliphatic heterocycles. The third-order valence-electron chi connectivity index (χ3n) is 3.62. The second-order valence-electron chi connectivity index (χ2n) is 5.72. The quantitative estimate of drug-likeness (QED) is 0.626. The van der Waals surface area contributed by atoms with Crippen LogP contribution in [0.3, 0.4) is 0 Å². The lowest BCUT2D eigenvalue weighted by Crippen LogP contribution is -2.24. The van der Waals surface area contributed by atoms with E-state index in [-0.39, 0.29) is 5.57 Å². The zero-order chi connectivity index (χ0) is 17.4. The Labute approximate surface area is 142 Å². The molecule has 0 atom stereocenters. The van der Waals surface area contributed by atoms with Gasteiger partial charge in [0.1, 0.15) is 11.6 Å². The predicted molar refractivity (Wildman–Crippen MR) is 96.1 cm³/mol. The van der Waals surface area contributed by atoms with Gasteiger partial charge in [0.05, 0.1) is 0 Å². The number of amides is 1. The number of benzene rings is 2. The van der Waals surface area contributed by atoms with E-state index in [4.69, 9.17) is 0 Å². The molecule has 24 heavy (non-hydrogen) atoms. The van der Waals surface area contributed by atoms with Crippen molar-refractivity contribution in [3.8, 4) is 6.07 Å². The Balaban J connectivity index is 2.04. The molecule has 0 bridgehead atoms. The van der Waals surface area contributed by atoms with Crippen LogP contribution < -0.4 is 10.6 Å². The van der Waals surface area contributed by atoms with Gasteiger partial charge in [0.25, 0.3) is 5.91 Å². The Morgan fingerprint density at radius 2 is 1.79 bits per heavy atom. The van der Waals surface area contributed by atoms with Crippen LogP contribution in [0, 0.1) is 11.3 Å². The number of nitriles is 1. The molecule has 0 saturated heterocycles. The molecular formula is C20H21N3O. The minimum Gasteiger partial charge on any atom is -0.360 e. The molecule has 0 radical (unpaired) electrons. The van der Waals surface area contributed by atoms with Crippen molar-refractivity contribution in [1.29, 1.82) is 5.26 Å². The van der Waals surface area contributed by atoms with Crippen molar-refractivity contribution >= 4 is 11.6 Å². The molecular weight excluding hydrogens is 298 g/mol. The number of rotatable bonds is 6. The van der Waals surface area contributed by atoms with Crippen LogP contribution >= 0.6 is 0 Å². The van der Waals surface area contributed by atoms with Crippen LogP contribution in [0.2, 0.25) is 0 Å². The largest absolute Gasteiger partial charge is 0.360 e. The van der Waals surface area contributed by atoms with Crippen molar-refractivity contribution in [3.63, 3.8) is 0 Å². The van der Waals surface area contributed by atoms with E-state index in [1.165, 1.54) is 6.20 Å². The highest BCUT2D eigenvalue weighted by Crippen LogP contribution is 2.23. The maximum atomic E-state index is 12.1. The van der Waals surface area contributed by atoms with Gasteiger partial charge in [-0.05, 0) is 23.1 Å². The molecule has 2 rings (SSSR count). The minimum atomic E-state index is -0.393. The van der Waals surface area contributed by atoms with Crippen molar-refractivity contribution in [2.45, 2.75) is 26.3 Å². The lowest BCUT2D eigenvalue weighted by Gasteiger charge is -2.12. The van der Waals surface area contributed by atoms with Gasteiger partial charge in [-0.15, -0.1) is 0 Å². The second-order valence-corrected chi connectivity index (χ2v) is 5.72. The Morgan fingerprint density at radius 1 is 1.12 bits per heavy atom. The predicted octanol–water partition coefficient (Wildman–Crippen LogP) is 3.95. The molecule has 0 aliphatic rings. The Bertz CT molecular complexity index is 758. The highest BCUT2D eigenvalue weighted by atomic mass is 16.1. The zero-order valence-corrected chi connectivity index (χ0v) is 13.9. The number of anilines is 1. The SMILES string of the molecule is CC(C)c1ccccc1N/C=C(/C#N)C(=O)NCc1ccccc1. The van der Waals surface area contributed by atoms with Gasteiger partial charge >= 0.3 is 0 Å². The van der Waals surface area contributed by atoms with Crippen molar-refractivity contribution in [3.05, 3.63) is 77.5 Å². The normalized spacial score (nSPS) is 11.0. The summed E-state index contributed by atoms with van der Waals surface area (Å²) in [6.07, 6.45) is 1.46. The fraction of sp³-hybridized carbons (Fsp3) is 0.200. The van der Waals surface area contributed by atoms with E-state index in [0.29, 0.717) is 12.5 Å². The zero-order valence-electron chi connectivity index (χ0n) is 13.9. The summed E-state index contributed by atoms with van der Waals surface area (Å²) in [7, 11) is 0. The summed E-state index contributed by atoms with van der Waals surface area (Å²) in [5.41, 5.74) is 3.07. The standard InChI is InChI=1S/C20H21N3O/c1-15(2)18-10-6-7-11-19(18)22-14-17(12-21)20(24)23-13-16-8-4-3-5-9-16/h3-11,14-15,22H,13H2,1-2H3,(H,23,24)/b17-14-. The Hall–Kier alpha value is -3.06. The summed E-state index contributed by atoms with van der Waals surface area (Å²) in [4.78, 5) is 12.1. The van der Waals surface area contributed by atoms with Crippen LogP contribution in [0.4, 0.5) is 5.69 Å². The highest BCUT2D eigenvalue weighted by molar-refractivity contribution is 5.97. The summed E-state index contributed by atoms with van der Waals surface area (Å²) < 4.78 is 0. The first-order chi connectivity index (χ1) is 11.6. The number of nitrogens with zero attached hydrogens (tertiary/aromatic N) is 1. The first-order valence-corrected chi connectivity index (χ1v) is 7.89. The summed E-state index contributed by atoms with van der Waals surface area (Å²) in [6, 6.07) is 19.4. The number of hydrogen-bond acceptors (Lipinski definition) is 3. The Kier molecular flexibility index (Phi) is 6.16. The van der Waals surface area contributed by atoms with Crippen LogP contribution in [0.1, 0.15) is 30.9 Å². The van der Waals surface area contributed by atoms with Gasteiger partial charge in [-0.2, -0.15) is 5.26 Å². The molecule has 1 amide bonds. The van der Waals surface area contributed by atoms with Crippen LogP contribution in [0.15, 0.2) is 66.4 Å². The maximum Gasteiger partial charge on any atom is 0.263 e. The van der Waals surface area contributed by atoms with Crippen LogP contribution in [-0.4, -0.2) is 5.91 Å². The summed E-state index contributed by atoms with van der Waals surface area (Å²) in [5, 5.41) is 15.1. The van der Waals surface area contributed by atoms with Crippen molar-refractivity contribution in [1.82, 2.24) is 5.32 Å². The van der Waals surface area contributed by atoms with Crippen LogP contribution in [-0.2, 0) is 11.3 Å². The topological polar surface area (TPSA) is 64.9 Å². The first kappa shape index (κ1) is 17.3. The van der Waals surface area contributed by atoms with Gasteiger partial charge in [0, 0.05) is 18.4 Å². The highest BCUT2D eigenvalue weighted by Gasteiger charge is 2.09. The molecule has 2 aromatic rings. The maximum absolute atomic E-state index is 12.1.